The van der Waals surface area contributed by atoms with Gasteiger partial charge in [0.25, 0.3) is 0 Å². The molecule has 2 amide bonds. The van der Waals surface area contributed by atoms with Crippen LogP contribution < -0.4 is 53.2 Å². The number of carbonyl (C=O) groups is 2. The zero-order chi connectivity index (χ0) is 42.3. The molecule has 10 aliphatic heterocycles. The zero-order valence-electron chi connectivity index (χ0n) is 37.6. The number of nitrogens with one attached hydrogen (secondary N) is 10. The lowest BCUT2D eigenvalue weighted by molar-refractivity contribution is -0.126. The van der Waals surface area contributed by atoms with E-state index in [1.165, 1.54) is 168 Å². The van der Waals surface area contributed by atoms with E-state index >= 15 is 0 Å². The van der Waals surface area contributed by atoms with Gasteiger partial charge in [0, 0.05) is 110 Å². The van der Waals surface area contributed by atoms with Gasteiger partial charge in [-0.2, -0.15) is 0 Å². The van der Waals surface area contributed by atoms with Crippen LogP contribution in [-0.2, 0) is 9.59 Å². The van der Waals surface area contributed by atoms with Gasteiger partial charge < -0.3 is 53.2 Å². The minimum atomic E-state index is -0.546. The fraction of sp³-hybridized carbons (Fsp3) is 0.957. The molecular weight excluding hydrogens is 763 g/mol. The SMILES string of the molecule is C1CC2(C1)CCC2.C1CC2(C1)CNC2.C1CC2(C1)CNC2.C1CCC1.C1CNC1.C1CNC1.C1NCC12CNC2.FC1CNC1.FC1CNC1.O=C1CCN1.O=C1CCN1. The monoisotopic (exact) mass is 851 g/mol. The van der Waals surface area contributed by atoms with E-state index in [4.69, 9.17) is 0 Å². The highest BCUT2D eigenvalue weighted by atomic mass is 19.1. The first-order valence-corrected chi connectivity index (χ1v) is 24.7. The van der Waals surface area contributed by atoms with E-state index in [-0.39, 0.29) is 11.8 Å². The van der Waals surface area contributed by atoms with Gasteiger partial charge in [-0.25, -0.2) is 8.78 Å². The molecule has 0 bridgehead atoms. The normalized spacial score (nSPS) is 28.5. The van der Waals surface area contributed by atoms with E-state index in [9.17, 15) is 18.4 Å². The molecule has 348 valence electrons. The van der Waals surface area contributed by atoms with Gasteiger partial charge in [0.1, 0.15) is 12.3 Å². The van der Waals surface area contributed by atoms with Gasteiger partial charge in [-0.05, 0) is 107 Å². The van der Waals surface area contributed by atoms with Crippen LogP contribution in [0, 0.1) is 21.7 Å². The molecule has 0 aromatic heterocycles. The Hall–Kier alpha value is -1.52. The van der Waals surface area contributed by atoms with Crippen molar-refractivity contribution in [2.45, 2.75) is 141 Å². The van der Waals surface area contributed by atoms with Gasteiger partial charge in [-0.1, -0.05) is 51.4 Å². The van der Waals surface area contributed by atoms with Gasteiger partial charge >= 0.3 is 0 Å². The summed E-state index contributed by atoms with van der Waals surface area (Å²) in [6.45, 7) is 19.3. The van der Waals surface area contributed by atoms with E-state index in [0.717, 1.165) is 47.6 Å². The molecule has 15 rings (SSSR count). The number of alkyl halides is 2. The summed E-state index contributed by atoms with van der Waals surface area (Å²) in [6.07, 6.45) is 27.4. The molecule has 10 saturated heterocycles. The maximum Gasteiger partial charge on any atom is 0.221 e. The Labute approximate surface area is 362 Å². The molecule has 0 radical (unpaired) electrons. The van der Waals surface area contributed by atoms with Crippen molar-refractivity contribution in [1.82, 2.24) is 53.2 Å². The first-order valence-electron chi connectivity index (χ1n) is 24.7. The Balaban J connectivity index is 0.000000126. The minimum Gasteiger partial charge on any atom is -0.356 e. The first-order chi connectivity index (χ1) is 29.2. The van der Waals surface area contributed by atoms with Crippen LogP contribution in [0.15, 0.2) is 0 Å². The van der Waals surface area contributed by atoms with Crippen LogP contribution in [0.2, 0.25) is 0 Å². The van der Waals surface area contributed by atoms with E-state index in [2.05, 4.69) is 53.2 Å². The lowest BCUT2D eigenvalue weighted by atomic mass is 9.56. The van der Waals surface area contributed by atoms with Gasteiger partial charge in [-0.15, -0.1) is 0 Å². The molecule has 12 nitrogen and oxygen atoms in total. The highest BCUT2D eigenvalue weighted by Crippen LogP contribution is 2.55. The number of hydrogen-bond donors (Lipinski definition) is 10. The average Bonchev–Trinajstić information content (AvgIpc) is 2.90. The van der Waals surface area contributed by atoms with Crippen molar-refractivity contribution < 1.29 is 18.4 Å². The third-order valence-electron chi connectivity index (χ3n) is 14.9. The van der Waals surface area contributed by atoms with Gasteiger partial charge in [0.05, 0.1) is 0 Å². The summed E-state index contributed by atoms with van der Waals surface area (Å²) in [5.41, 5.74) is 3.33. The van der Waals surface area contributed by atoms with E-state index < -0.39 is 12.3 Å². The highest BCUT2D eigenvalue weighted by Gasteiger charge is 2.43. The topological polar surface area (TPSA) is 154 Å². The molecule has 4 spiro atoms. The van der Waals surface area contributed by atoms with Crippen molar-refractivity contribution in [3.05, 3.63) is 0 Å². The number of carbonyl (C=O) groups excluding carboxylic acids is 2. The number of β-lactam (4-membered cyclic amide) rings is 2. The number of amides is 2. The first kappa shape index (κ1) is 49.5. The fourth-order valence-corrected chi connectivity index (χ4v) is 7.64. The molecule has 10 heterocycles. The smallest absolute Gasteiger partial charge is 0.221 e. The molecule has 14 heteroatoms. The Morgan fingerprint density at radius 2 is 0.550 bits per heavy atom. The maximum atomic E-state index is 11.5. The number of halogens is 2. The fourth-order valence-electron chi connectivity index (χ4n) is 7.64. The summed E-state index contributed by atoms with van der Waals surface area (Å²) in [6, 6.07) is 0. The summed E-state index contributed by atoms with van der Waals surface area (Å²) in [4.78, 5) is 19.6. The number of rotatable bonds is 0. The standard InChI is InChI=1S/C7H12.2C6H11N.C5H10N2.C4H8.2C3H6FN.2C3H5NO.2C3H7N/c1-3-7(4-1)5-2-6-7;2*1-2-6(3-1)4-7-5-6;1-5(2-6-1)3-7-4-5;1-2-4-3-1;2*4-3-1-5-2-3;2*5-3-1-2-4-3;2*1-2-4-3-1/h1-6H2;2*7H,1-5H2;6-7H,1-4H2;1-4H2;2*3,5H,1-2H2;2*1-2H2,(H,4,5);2*4H,1-3H2. The lowest BCUT2D eigenvalue weighted by Gasteiger charge is -2.50. The highest BCUT2D eigenvalue weighted by molar-refractivity contribution is 5.81. The van der Waals surface area contributed by atoms with Crippen LogP contribution >= 0.6 is 0 Å². The average molecular weight is 851 g/mol. The molecular formula is C46H88F2N10O2. The van der Waals surface area contributed by atoms with Crippen LogP contribution in [0.5, 0.6) is 0 Å². The van der Waals surface area contributed by atoms with Crippen LogP contribution in [0.1, 0.15) is 128 Å². The molecule has 0 aromatic rings. The molecule has 60 heavy (non-hydrogen) atoms. The van der Waals surface area contributed by atoms with Crippen molar-refractivity contribution in [3.63, 3.8) is 0 Å². The third-order valence-corrected chi connectivity index (χ3v) is 14.9. The largest absolute Gasteiger partial charge is 0.356 e. The molecule has 5 saturated carbocycles. The maximum absolute atomic E-state index is 11.5. The molecule has 15 fully saturated rings. The molecule has 0 atom stereocenters. The molecule has 15 aliphatic rings. The predicted octanol–water partition coefficient (Wildman–Crippen LogP) is 3.43. The van der Waals surface area contributed by atoms with Crippen molar-refractivity contribution in [2.24, 2.45) is 21.7 Å². The van der Waals surface area contributed by atoms with Crippen LogP contribution in [0.4, 0.5) is 8.78 Å². The predicted molar refractivity (Wildman–Crippen MR) is 241 cm³/mol. The number of hydrogen-bond acceptors (Lipinski definition) is 10. The quantitative estimate of drug-likeness (QED) is 0.164. The molecule has 10 N–H and O–H groups in total. The van der Waals surface area contributed by atoms with Crippen molar-refractivity contribution >= 4 is 11.8 Å². The second-order valence-corrected chi connectivity index (χ2v) is 20.2. The van der Waals surface area contributed by atoms with Gasteiger partial charge in [-0.3, -0.25) is 9.59 Å². The van der Waals surface area contributed by atoms with E-state index in [1.54, 1.807) is 25.7 Å². The summed E-state index contributed by atoms with van der Waals surface area (Å²) < 4.78 is 22.9. The lowest BCUT2D eigenvalue weighted by Crippen LogP contribution is -2.69. The Morgan fingerprint density at radius 1 is 0.333 bits per heavy atom. The zero-order valence-corrected chi connectivity index (χ0v) is 37.6. The van der Waals surface area contributed by atoms with Crippen LogP contribution in [0.25, 0.3) is 0 Å². The van der Waals surface area contributed by atoms with Crippen molar-refractivity contribution in [2.75, 3.05) is 118 Å². The molecule has 0 unspecified atom stereocenters. The van der Waals surface area contributed by atoms with E-state index in [0.29, 0.717) is 26.2 Å². The summed E-state index contributed by atoms with van der Waals surface area (Å²) in [5.74, 6) is 0.370. The Kier molecular flexibility index (Phi) is 22.2. The molecule has 5 aliphatic carbocycles. The van der Waals surface area contributed by atoms with Crippen LogP contribution in [0.3, 0.4) is 0 Å². The van der Waals surface area contributed by atoms with Gasteiger partial charge in [0.15, 0.2) is 0 Å². The summed E-state index contributed by atoms with van der Waals surface area (Å²) >= 11 is 0. The second kappa shape index (κ2) is 27.0. The minimum absolute atomic E-state index is 0.185. The Bertz CT molecular complexity index is 933. The second-order valence-electron chi connectivity index (χ2n) is 20.2. The van der Waals surface area contributed by atoms with Gasteiger partial charge in [0.2, 0.25) is 11.8 Å². The third kappa shape index (κ3) is 17.9. The van der Waals surface area contributed by atoms with Crippen molar-refractivity contribution in [1.29, 1.82) is 0 Å². The van der Waals surface area contributed by atoms with Crippen molar-refractivity contribution in [3.8, 4) is 0 Å². The van der Waals surface area contributed by atoms with Crippen LogP contribution in [-0.4, -0.2) is 142 Å². The summed E-state index contributed by atoms with van der Waals surface area (Å²) in [7, 11) is 0. The van der Waals surface area contributed by atoms with E-state index in [1.807, 2.05) is 0 Å². The summed E-state index contributed by atoms with van der Waals surface area (Å²) in [5, 5.41) is 30.1. The molecule has 0 aromatic carbocycles. The Morgan fingerprint density at radius 3 is 0.550 bits per heavy atom.